The maximum atomic E-state index is 12.6. The molecule has 3 aliphatic rings. The Morgan fingerprint density at radius 1 is 1.19 bits per heavy atom. The van der Waals surface area contributed by atoms with Gasteiger partial charge in [0.05, 0.1) is 5.60 Å². The number of carbonyl (C=O) groups is 2. The molecule has 0 amide bonds. The number of rotatable bonds is 2. The van der Waals surface area contributed by atoms with Crippen LogP contribution < -0.4 is 0 Å². The van der Waals surface area contributed by atoms with Crippen LogP contribution in [0, 0.1) is 22.7 Å². The molecule has 0 aromatic carbocycles. The second-order valence-electron chi connectivity index (χ2n) is 9.93. The topological polar surface area (TPSA) is 52.6 Å². The van der Waals surface area contributed by atoms with Gasteiger partial charge < -0.3 is 9.47 Å². The van der Waals surface area contributed by atoms with E-state index in [4.69, 9.17) is 9.47 Å². The predicted molar refractivity (Wildman–Crippen MR) is 101 cm³/mol. The van der Waals surface area contributed by atoms with E-state index in [0.29, 0.717) is 18.1 Å². The van der Waals surface area contributed by atoms with Crippen molar-refractivity contribution in [3.8, 4) is 0 Å². The quantitative estimate of drug-likeness (QED) is 0.537. The molecule has 0 spiro atoms. The zero-order chi connectivity index (χ0) is 19.5. The summed E-state index contributed by atoms with van der Waals surface area (Å²) in [6.45, 7) is 16.1. The number of ketones is 1. The highest BCUT2D eigenvalue weighted by Crippen LogP contribution is 2.65. The monoisotopic (exact) mass is 362 g/mol. The lowest BCUT2D eigenvalue weighted by Gasteiger charge is -2.65. The Morgan fingerprint density at radius 2 is 1.85 bits per heavy atom. The number of ether oxygens (including phenoxy) is 2. The maximum Gasteiger partial charge on any atom is 0.303 e. The fourth-order valence-electron chi connectivity index (χ4n) is 6.50. The minimum atomic E-state index is -0.680. The third-order valence-corrected chi connectivity index (χ3v) is 7.99. The third-order valence-electron chi connectivity index (χ3n) is 7.99. The molecule has 0 radical (unpaired) electrons. The van der Waals surface area contributed by atoms with Crippen molar-refractivity contribution >= 4 is 11.8 Å². The molecule has 4 nitrogen and oxygen atoms in total. The van der Waals surface area contributed by atoms with Crippen LogP contribution in [0.25, 0.3) is 0 Å². The largest absolute Gasteiger partial charge is 0.459 e. The van der Waals surface area contributed by atoms with Crippen LogP contribution in [-0.2, 0) is 19.1 Å². The summed E-state index contributed by atoms with van der Waals surface area (Å²) < 4.78 is 12.3. The van der Waals surface area contributed by atoms with Crippen molar-refractivity contribution in [3.05, 3.63) is 12.7 Å². The number of esters is 1. The number of Topliss-reactive ketones (excluding diaryl/α,β-unsaturated/α-hetero) is 1. The molecular weight excluding hydrogens is 328 g/mol. The Hall–Kier alpha value is -1.16. The highest BCUT2D eigenvalue weighted by Gasteiger charge is 2.65. The van der Waals surface area contributed by atoms with Gasteiger partial charge in [-0.15, -0.1) is 6.58 Å². The van der Waals surface area contributed by atoms with Crippen LogP contribution in [0.5, 0.6) is 0 Å². The van der Waals surface area contributed by atoms with Crippen LogP contribution in [0.15, 0.2) is 12.7 Å². The van der Waals surface area contributed by atoms with Crippen LogP contribution in [0.2, 0.25) is 0 Å². The summed E-state index contributed by atoms with van der Waals surface area (Å²) in [5.41, 5.74) is -1.27. The average molecular weight is 363 g/mol. The summed E-state index contributed by atoms with van der Waals surface area (Å²) in [7, 11) is 0. The fraction of sp³-hybridized carbons (Fsp3) is 0.818. The third kappa shape index (κ3) is 2.67. The number of fused-ring (bicyclic) bond motifs is 3. The average Bonchev–Trinajstić information content (AvgIpc) is 2.52. The Labute approximate surface area is 157 Å². The number of carbonyl (C=O) groups excluding carboxylic acids is 2. The predicted octanol–water partition coefficient (Wildman–Crippen LogP) is 4.46. The lowest BCUT2D eigenvalue weighted by atomic mass is 9.44. The van der Waals surface area contributed by atoms with E-state index in [2.05, 4.69) is 34.3 Å². The standard InChI is InChI=1S/C22H34O4/c1-8-21(6)18(25-14(2)23)13-16-20(5)11-10-17(24)19(3,4)15(20)9-12-22(16,7)26-21/h8,15-16,18H,1,9-13H2,2-7H3/t15?,16?,18-,20-,21+,22+/m1/s1. The Morgan fingerprint density at radius 3 is 2.42 bits per heavy atom. The maximum absolute atomic E-state index is 12.6. The second kappa shape index (κ2) is 5.92. The molecule has 0 N–H and O–H groups in total. The zero-order valence-corrected chi connectivity index (χ0v) is 17.2. The molecule has 2 saturated carbocycles. The Bertz CT molecular complexity index is 638. The van der Waals surface area contributed by atoms with Gasteiger partial charge in [-0.05, 0) is 56.8 Å². The summed E-state index contributed by atoms with van der Waals surface area (Å²) in [4.78, 5) is 24.3. The molecule has 6 atom stereocenters. The molecule has 3 rings (SSSR count). The highest BCUT2D eigenvalue weighted by molar-refractivity contribution is 5.85. The van der Waals surface area contributed by atoms with Gasteiger partial charge in [-0.2, -0.15) is 0 Å². The molecule has 0 aromatic heterocycles. The molecule has 4 heteroatoms. The van der Waals surface area contributed by atoms with Crippen molar-refractivity contribution in [1.29, 1.82) is 0 Å². The van der Waals surface area contributed by atoms with E-state index in [9.17, 15) is 9.59 Å². The van der Waals surface area contributed by atoms with Crippen LogP contribution >= 0.6 is 0 Å². The molecule has 0 aromatic rings. The molecular formula is C22H34O4. The van der Waals surface area contributed by atoms with Gasteiger partial charge in [0.2, 0.25) is 0 Å². The SMILES string of the molecule is C=C[C@]1(C)O[C@@]2(C)CCC3C(C)(C)C(=O)CC[C@@]3(C)C2C[C@H]1OC(C)=O. The Balaban J connectivity index is 2.01. The number of hydrogen-bond acceptors (Lipinski definition) is 4. The first kappa shape index (κ1) is 19.6. The normalized spacial score (nSPS) is 47.5. The highest BCUT2D eigenvalue weighted by atomic mass is 16.6. The van der Waals surface area contributed by atoms with Gasteiger partial charge in [-0.1, -0.05) is 26.8 Å². The van der Waals surface area contributed by atoms with Crippen molar-refractivity contribution in [1.82, 2.24) is 0 Å². The van der Waals surface area contributed by atoms with Crippen molar-refractivity contribution in [2.75, 3.05) is 0 Å². The van der Waals surface area contributed by atoms with Crippen LogP contribution in [-0.4, -0.2) is 29.1 Å². The van der Waals surface area contributed by atoms with Crippen molar-refractivity contribution in [3.63, 3.8) is 0 Å². The number of hydrogen-bond donors (Lipinski definition) is 0. The lowest BCUT2D eigenvalue weighted by molar-refractivity contribution is -0.282. The van der Waals surface area contributed by atoms with Gasteiger partial charge in [-0.25, -0.2) is 0 Å². The van der Waals surface area contributed by atoms with Crippen LogP contribution in [0.1, 0.15) is 73.6 Å². The minimum absolute atomic E-state index is 0.00527. The molecule has 146 valence electrons. The molecule has 26 heavy (non-hydrogen) atoms. The van der Waals surface area contributed by atoms with Gasteiger partial charge in [0.1, 0.15) is 17.5 Å². The lowest BCUT2D eigenvalue weighted by Crippen LogP contribution is -2.67. The molecule has 1 saturated heterocycles. The van der Waals surface area contributed by atoms with Crippen molar-refractivity contribution in [2.24, 2.45) is 22.7 Å². The molecule has 3 fully saturated rings. The van der Waals surface area contributed by atoms with E-state index in [1.54, 1.807) is 6.08 Å². The van der Waals surface area contributed by atoms with E-state index in [0.717, 1.165) is 25.7 Å². The smallest absolute Gasteiger partial charge is 0.303 e. The van der Waals surface area contributed by atoms with Crippen molar-refractivity contribution in [2.45, 2.75) is 91.0 Å². The van der Waals surface area contributed by atoms with Gasteiger partial charge in [0, 0.05) is 18.8 Å². The second-order valence-corrected chi connectivity index (χ2v) is 9.93. The first-order valence-electron chi connectivity index (χ1n) is 9.93. The first-order chi connectivity index (χ1) is 11.9. The molecule has 1 aliphatic heterocycles. The molecule has 1 heterocycles. The minimum Gasteiger partial charge on any atom is -0.459 e. The molecule has 2 aliphatic carbocycles. The Kier molecular flexibility index (Phi) is 4.46. The molecule has 2 unspecified atom stereocenters. The zero-order valence-electron chi connectivity index (χ0n) is 17.2. The summed E-state index contributed by atoms with van der Waals surface area (Å²) in [5.74, 6) is 0.683. The van der Waals surface area contributed by atoms with Gasteiger partial charge >= 0.3 is 5.97 Å². The summed E-state index contributed by atoms with van der Waals surface area (Å²) in [6.07, 6.45) is 5.64. The van der Waals surface area contributed by atoms with E-state index < -0.39 is 5.60 Å². The van der Waals surface area contributed by atoms with E-state index in [1.165, 1.54) is 6.92 Å². The van der Waals surface area contributed by atoms with E-state index >= 15 is 0 Å². The van der Waals surface area contributed by atoms with Gasteiger partial charge in [-0.3, -0.25) is 9.59 Å². The summed E-state index contributed by atoms with van der Waals surface area (Å²) in [5, 5.41) is 0. The van der Waals surface area contributed by atoms with Gasteiger partial charge in [0.15, 0.2) is 0 Å². The first-order valence-corrected chi connectivity index (χ1v) is 9.93. The fourth-order valence-corrected chi connectivity index (χ4v) is 6.50. The summed E-state index contributed by atoms with van der Waals surface area (Å²) >= 11 is 0. The molecule has 0 bridgehead atoms. The van der Waals surface area contributed by atoms with Crippen LogP contribution in [0.4, 0.5) is 0 Å². The van der Waals surface area contributed by atoms with E-state index in [-0.39, 0.29) is 34.4 Å². The summed E-state index contributed by atoms with van der Waals surface area (Å²) in [6, 6.07) is 0. The van der Waals surface area contributed by atoms with Gasteiger partial charge in [0.25, 0.3) is 0 Å². The van der Waals surface area contributed by atoms with E-state index in [1.807, 2.05) is 6.92 Å². The van der Waals surface area contributed by atoms with Crippen molar-refractivity contribution < 1.29 is 19.1 Å². The van der Waals surface area contributed by atoms with Crippen LogP contribution in [0.3, 0.4) is 0 Å².